The van der Waals surface area contributed by atoms with Crippen molar-refractivity contribution in [1.29, 1.82) is 0 Å². The molecule has 1 aliphatic rings. The average molecular weight is 181 g/mol. The zero-order valence-electron chi connectivity index (χ0n) is 7.63. The van der Waals surface area contributed by atoms with Gasteiger partial charge in [0, 0.05) is 23.4 Å². The van der Waals surface area contributed by atoms with Gasteiger partial charge in [0.25, 0.3) is 0 Å². The van der Waals surface area contributed by atoms with E-state index < -0.39 is 0 Å². The molecule has 1 N–H and O–H groups in total. The van der Waals surface area contributed by atoms with Crippen molar-refractivity contribution < 1.29 is 0 Å². The first kappa shape index (κ1) is 8.27. The van der Waals surface area contributed by atoms with Gasteiger partial charge in [0.15, 0.2) is 0 Å². The number of hydrogen-bond donors (Lipinski definition) is 1. The molecule has 2 unspecified atom stereocenters. The van der Waals surface area contributed by atoms with Gasteiger partial charge in [-0.25, -0.2) is 0 Å². The lowest BCUT2D eigenvalue weighted by atomic mass is 9.94. The van der Waals surface area contributed by atoms with Crippen LogP contribution in [0.2, 0.25) is 0 Å². The second kappa shape index (κ2) is 3.19. The Morgan fingerprint density at radius 2 is 2.50 bits per heavy atom. The molecule has 0 aromatic carbocycles. The maximum atomic E-state index is 3.53. The lowest BCUT2D eigenvalue weighted by Crippen LogP contribution is -2.29. The molecule has 2 rings (SSSR count). The number of thiophene rings is 1. The number of nitrogens with one attached hydrogen (secondary N) is 1. The fourth-order valence-corrected chi connectivity index (χ4v) is 3.06. The minimum Gasteiger partial charge on any atom is -0.310 e. The lowest BCUT2D eigenvalue weighted by molar-refractivity contribution is 0.477. The largest absolute Gasteiger partial charge is 0.310 e. The van der Waals surface area contributed by atoms with E-state index >= 15 is 0 Å². The van der Waals surface area contributed by atoms with Gasteiger partial charge in [-0.15, -0.1) is 11.3 Å². The van der Waals surface area contributed by atoms with E-state index in [-0.39, 0.29) is 0 Å². The van der Waals surface area contributed by atoms with Crippen molar-refractivity contribution in [2.75, 3.05) is 6.54 Å². The Morgan fingerprint density at radius 3 is 3.25 bits per heavy atom. The summed E-state index contributed by atoms with van der Waals surface area (Å²) in [6.07, 6.45) is 1.26. The van der Waals surface area contributed by atoms with Crippen LogP contribution in [-0.4, -0.2) is 6.54 Å². The standard InChI is InChI=1S/C10H15NS/c1-3-8-6-11-7(2)9-4-5-12-10(8)9/h4-5,7-8,11H,3,6H2,1-2H3. The van der Waals surface area contributed by atoms with E-state index in [0.29, 0.717) is 6.04 Å². The van der Waals surface area contributed by atoms with E-state index in [2.05, 4.69) is 30.6 Å². The van der Waals surface area contributed by atoms with Crippen LogP contribution < -0.4 is 5.32 Å². The average Bonchev–Trinajstić information content (AvgIpc) is 2.54. The van der Waals surface area contributed by atoms with Crippen LogP contribution in [0.3, 0.4) is 0 Å². The molecule has 0 saturated carbocycles. The minimum atomic E-state index is 0.564. The second-order valence-corrected chi connectivity index (χ2v) is 4.42. The zero-order chi connectivity index (χ0) is 8.55. The highest BCUT2D eigenvalue weighted by Crippen LogP contribution is 2.35. The van der Waals surface area contributed by atoms with Crippen molar-refractivity contribution >= 4 is 11.3 Å². The Hall–Kier alpha value is -0.340. The van der Waals surface area contributed by atoms with Crippen molar-refractivity contribution in [3.8, 4) is 0 Å². The first-order valence-corrected chi connectivity index (χ1v) is 5.51. The number of fused-ring (bicyclic) bond motifs is 1. The monoisotopic (exact) mass is 181 g/mol. The smallest absolute Gasteiger partial charge is 0.0303 e. The molecule has 0 bridgehead atoms. The third-order valence-corrected chi connectivity index (χ3v) is 3.82. The fourth-order valence-electron chi connectivity index (χ4n) is 1.87. The van der Waals surface area contributed by atoms with Gasteiger partial charge in [-0.05, 0) is 30.4 Å². The topological polar surface area (TPSA) is 12.0 Å². The molecule has 1 nitrogen and oxygen atoms in total. The SMILES string of the molecule is CCC1CNC(C)c2ccsc21. The third kappa shape index (κ3) is 1.19. The summed E-state index contributed by atoms with van der Waals surface area (Å²) in [6.45, 7) is 5.68. The van der Waals surface area contributed by atoms with Gasteiger partial charge >= 0.3 is 0 Å². The summed E-state index contributed by atoms with van der Waals surface area (Å²) in [5.41, 5.74) is 1.53. The van der Waals surface area contributed by atoms with Crippen LogP contribution in [-0.2, 0) is 0 Å². The van der Waals surface area contributed by atoms with E-state index in [9.17, 15) is 0 Å². The van der Waals surface area contributed by atoms with Crippen LogP contribution >= 0.6 is 11.3 Å². The summed E-state index contributed by atoms with van der Waals surface area (Å²) in [5.74, 6) is 0.760. The Kier molecular flexibility index (Phi) is 2.20. The maximum absolute atomic E-state index is 3.53. The van der Waals surface area contributed by atoms with E-state index in [0.717, 1.165) is 12.5 Å². The molecule has 2 heteroatoms. The molecule has 0 amide bonds. The normalized spacial score (nSPS) is 28.5. The molecule has 1 aliphatic heterocycles. The Morgan fingerprint density at radius 1 is 1.67 bits per heavy atom. The first-order chi connectivity index (χ1) is 5.83. The van der Waals surface area contributed by atoms with Crippen molar-refractivity contribution in [2.24, 2.45) is 0 Å². The molecule has 0 radical (unpaired) electrons. The molecule has 0 spiro atoms. The van der Waals surface area contributed by atoms with Crippen LogP contribution in [0.1, 0.15) is 42.7 Å². The van der Waals surface area contributed by atoms with Gasteiger partial charge in [-0.3, -0.25) is 0 Å². The molecule has 2 heterocycles. The van der Waals surface area contributed by atoms with E-state index in [4.69, 9.17) is 0 Å². The van der Waals surface area contributed by atoms with Gasteiger partial charge in [0.2, 0.25) is 0 Å². The molecule has 0 aliphatic carbocycles. The summed E-state index contributed by atoms with van der Waals surface area (Å²) in [7, 11) is 0. The molecule has 1 aromatic rings. The minimum absolute atomic E-state index is 0.564. The van der Waals surface area contributed by atoms with Crippen molar-refractivity contribution in [2.45, 2.75) is 32.2 Å². The Bertz CT molecular complexity index is 267. The lowest BCUT2D eigenvalue weighted by Gasteiger charge is -2.27. The predicted octanol–water partition coefficient (Wildman–Crippen LogP) is 2.91. The summed E-state index contributed by atoms with van der Waals surface area (Å²) in [5, 5.41) is 5.75. The molecule has 66 valence electrons. The summed E-state index contributed by atoms with van der Waals surface area (Å²) in [6, 6.07) is 2.83. The molecule has 1 aromatic heterocycles. The fraction of sp³-hybridized carbons (Fsp3) is 0.600. The highest BCUT2D eigenvalue weighted by Gasteiger charge is 2.23. The zero-order valence-corrected chi connectivity index (χ0v) is 8.45. The molecule has 0 saturated heterocycles. The van der Waals surface area contributed by atoms with Crippen LogP contribution in [0.5, 0.6) is 0 Å². The third-order valence-electron chi connectivity index (χ3n) is 2.73. The van der Waals surface area contributed by atoms with Gasteiger partial charge in [-0.1, -0.05) is 6.92 Å². The molecule has 2 atom stereocenters. The molecule has 12 heavy (non-hydrogen) atoms. The first-order valence-electron chi connectivity index (χ1n) is 4.63. The number of rotatable bonds is 1. The molecular weight excluding hydrogens is 166 g/mol. The van der Waals surface area contributed by atoms with Crippen molar-refractivity contribution in [1.82, 2.24) is 5.32 Å². The summed E-state index contributed by atoms with van der Waals surface area (Å²) in [4.78, 5) is 1.61. The quantitative estimate of drug-likeness (QED) is 0.702. The highest BCUT2D eigenvalue weighted by atomic mass is 32.1. The summed E-state index contributed by atoms with van der Waals surface area (Å²) < 4.78 is 0. The van der Waals surface area contributed by atoms with Crippen LogP contribution in [0.15, 0.2) is 11.4 Å². The van der Waals surface area contributed by atoms with E-state index in [1.165, 1.54) is 12.0 Å². The molecule has 0 fully saturated rings. The van der Waals surface area contributed by atoms with Crippen LogP contribution in [0.4, 0.5) is 0 Å². The van der Waals surface area contributed by atoms with Crippen molar-refractivity contribution in [3.05, 3.63) is 21.9 Å². The van der Waals surface area contributed by atoms with Gasteiger partial charge in [-0.2, -0.15) is 0 Å². The van der Waals surface area contributed by atoms with Crippen LogP contribution in [0, 0.1) is 0 Å². The predicted molar refractivity (Wildman–Crippen MR) is 53.8 cm³/mol. The Labute approximate surface area is 77.8 Å². The van der Waals surface area contributed by atoms with Gasteiger partial charge in [0.05, 0.1) is 0 Å². The number of hydrogen-bond acceptors (Lipinski definition) is 2. The van der Waals surface area contributed by atoms with E-state index in [1.54, 1.807) is 4.88 Å². The van der Waals surface area contributed by atoms with Gasteiger partial charge in [0.1, 0.15) is 0 Å². The van der Waals surface area contributed by atoms with Gasteiger partial charge < -0.3 is 5.32 Å². The molecular formula is C10H15NS. The van der Waals surface area contributed by atoms with Crippen LogP contribution in [0.25, 0.3) is 0 Å². The van der Waals surface area contributed by atoms with E-state index in [1.807, 2.05) is 11.3 Å². The highest BCUT2D eigenvalue weighted by molar-refractivity contribution is 7.10. The maximum Gasteiger partial charge on any atom is 0.0303 e. The van der Waals surface area contributed by atoms with Crippen molar-refractivity contribution in [3.63, 3.8) is 0 Å². The second-order valence-electron chi connectivity index (χ2n) is 3.48. The summed E-state index contributed by atoms with van der Waals surface area (Å²) >= 11 is 1.92. The Balaban J connectivity index is 2.36.